The molecule has 27 heavy (non-hydrogen) atoms. The third kappa shape index (κ3) is 1.79. The minimum absolute atomic E-state index is 0.0280. The van der Waals surface area contributed by atoms with Gasteiger partial charge in [-0.1, -0.05) is 20.8 Å². The molecule has 3 fully saturated rings. The van der Waals surface area contributed by atoms with E-state index in [-0.39, 0.29) is 36.9 Å². The minimum atomic E-state index is -1.62. The van der Waals surface area contributed by atoms with Crippen LogP contribution in [0, 0.1) is 17.3 Å². The predicted molar refractivity (Wildman–Crippen MR) is 92.5 cm³/mol. The summed E-state index contributed by atoms with van der Waals surface area (Å²) in [5, 5.41) is 33.6. The predicted octanol–water partition coefficient (Wildman–Crippen LogP) is 1.57. The van der Waals surface area contributed by atoms with Crippen molar-refractivity contribution in [3.63, 3.8) is 0 Å². The molecular weight excluding hydrogens is 352 g/mol. The van der Waals surface area contributed by atoms with Gasteiger partial charge < -0.3 is 19.7 Å². The zero-order valence-electron chi connectivity index (χ0n) is 16.0. The summed E-state index contributed by atoms with van der Waals surface area (Å²) in [7, 11) is 0. The fraction of sp³-hybridized carbons (Fsp3) is 0.850. The van der Waals surface area contributed by atoms with E-state index in [2.05, 4.69) is 0 Å². The van der Waals surface area contributed by atoms with Gasteiger partial charge in [0.05, 0.1) is 6.10 Å². The summed E-state index contributed by atoms with van der Waals surface area (Å²) in [6, 6.07) is 0. The van der Waals surface area contributed by atoms with E-state index in [1.807, 2.05) is 20.8 Å². The maximum Gasteiger partial charge on any atom is 0.334 e. The molecule has 0 unspecified atom stereocenters. The first kappa shape index (κ1) is 18.1. The van der Waals surface area contributed by atoms with Crippen molar-refractivity contribution >= 4 is 5.97 Å². The summed E-state index contributed by atoms with van der Waals surface area (Å²) < 4.78 is 11.2. The monoisotopic (exact) mass is 380 g/mol. The van der Waals surface area contributed by atoms with Gasteiger partial charge in [0.25, 0.3) is 0 Å². The smallest absolute Gasteiger partial charge is 0.334 e. The highest BCUT2D eigenvalue weighted by Gasteiger charge is 2.82. The van der Waals surface area contributed by atoms with Crippen molar-refractivity contribution in [2.24, 2.45) is 17.3 Å². The molecule has 1 saturated heterocycles. The van der Waals surface area contributed by atoms with E-state index in [0.29, 0.717) is 25.7 Å². The molecule has 5 aliphatic rings. The highest BCUT2D eigenvalue weighted by Crippen LogP contribution is 2.70. The van der Waals surface area contributed by atoms with Crippen LogP contribution in [0.2, 0.25) is 0 Å². The number of hydrogen-bond acceptors (Lipinski definition) is 7. The van der Waals surface area contributed by atoms with E-state index in [9.17, 15) is 20.3 Å². The van der Waals surface area contributed by atoms with Crippen molar-refractivity contribution < 1.29 is 34.6 Å². The van der Waals surface area contributed by atoms with Crippen LogP contribution in [0.1, 0.15) is 52.9 Å². The second-order valence-corrected chi connectivity index (χ2v) is 9.68. The molecule has 2 heterocycles. The van der Waals surface area contributed by atoms with Crippen LogP contribution in [0.3, 0.4) is 0 Å². The van der Waals surface area contributed by atoms with Crippen LogP contribution >= 0.6 is 0 Å². The van der Waals surface area contributed by atoms with Gasteiger partial charge in [-0.25, -0.2) is 9.68 Å². The van der Waals surface area contributed by atoms with Gasteiger partial charge in [0, 0.05) is 17.4 Å². The lowest BCUT2D eigenvalue weighted by molar-refractivity contribution is -0.382. The summed E-state index contributed by atoms with van der Waals surface area (Å²) in [5.41, 5.74) is -2.81. The number of ether oxygens (including phenoxy) is 2. The fourth-order valence-electron chi connectivity index (χ4n) is 7.04. The van der Waals surface area contributed by atoms with Crippen molar-refractivity contribution in [3.8, 4) is 0 Å². The number of hydrogen-bond donors (Lipinski definition) is 3. The van der Waals surface area contributed by atoms with Gasteiger partial charge in [-0.3, -0.25) is 5.26 Å². The standard InChI is InChI=1S/C20H28O7/c1-10(2)20-14(26-20)8-19(23)17(3)6-4-11-12(9-25-15(11)21)13(17)5-7-18(19,22)16(20)27-24/h10,13-14,16,22-24H,4-9H2,1-3H3/t13-,14-,16-,17-,18+,19+,20-/m0/s1. The summed E-state index contributed by atoms with van der Waals surface area (Å²) in [6.07, 6.45) is 0.991. The van der Waals surface area contributed by atoms with Crippen LogP contribution in [-0.4, -0.2) is 57.1 Å². The maximum atomic E-state index is 12.0. The van der Waals surface area contributed by atoms with Crippen LogP contribution in [0.5, 0.6) is 0 Å². The van der Waals surface area contributed by atoms with Crippen LogP contribution in [0.4, 0.5) is 0 Å². The van der Waals surface area contributed by atoms with Gasteiger partial charge in [0.15, 0.2) is 6.10 Å². The summed E-state index contributed by atoms with van der Waals surface area (Å²) in [6.45, 7) is 6.23. The number of carbonyl (C=O) groups is 1. The van der Waals surface area contributed by atoms with Gasteiger partial charge in [-0.2, -0.15) is 0 Å². The Hall–Kier alpha value is -0.990. The molecule has 0 aromatic carbocycles. The molecule has 0 amide bonds. The van der Waals surface area contributed by atoms with Crippen LogP contribution in [0.25, 0.3) is 0 Å². The first-order valence-corrected chi connectivity index (χ1v) is 9.97. The minimum Gasteiger partial charge on any atom is -0.458 e. The van der Waals surface area contributed by atoms with Crippen molar-refractivity contribution in [1.82, 2.24) is 0 Å². The van der Waals surface area contributed by atoms with Crippen molar-refractivity contribution in [3.05, 3.63) is 11.1 Å². The zero-order valence-corrected chi connectivity index (χ0v) is 16.0. The van der Waals surface area contributed by atoms with Crippen LogP contribution in [0.15, 0.2) is 11.1 Å². The highest BCUT2D eigenvalue weighted by molar-refractivity contribution is 5.92. The van der Waals surface area contributed by atoms with Gasteiger partial charge in [-0.15, -0.1) is 0 Å². The van der Waals surface area contributed by atoms with Gasteiger partial charge in [-0.05, 0) is 43.1 Å². The van der Waals surface area contributed by atoms with E-state index in [1.165, 1.54) is 0 Å². The Labute approximate surface area is 158 Å². The lowest BCUT2D eigenvalue weighted by Gasteiger charge is -2.65. The molecule has 0 aromatic heterocycles. The topological polar surface area (TPSA) is 109 Å². The second-order valence-electron chi connectivity index (χ2n) is 9.68. The van der Waals surface area contributed by atoms with E-state index in [4.69, 9.17) is 14.4 Å². The van der Waals surface area contributed by atoms with E-state index >= 15 is 0 Å². The van der Waals surface area contributed by atoms with Crippen molar-refractivity contribution in [2.45, 2.75) is 81.9 Å². The average Bonchev–Trinajstić information content (AvgIpc) is 3.21. The number of fused-ring (bicyclic) bond motifs is 5. The molecule has 3 aliphatic carbocycles. The molecule has 7 atom stereocenters. The van der Waals surface area contributed by atoms with E-state index in [1.54, 1.807) is 0 Å². The van der Waals surface area contributed by atoms with Gasteiger partial charge >= 0.3 is 5.97 Å². The molecule has 0 radical (unpaired) electrons. The largest absolute Gasteiger partial charge is 0.458 e. The molecule has 5 rings (SSSR count). The Bertz CT molecular complexity index is 747. The number of carbonyl (C=O) groups excluding carboxylic acids is 1. The Morgan fingerprint density at radius 1 is 1.26 bits per heavy atom. The van der Waals surface area contributed by atoms with Crippen molar-refractivity contribution in [1.29, 1.82) is 0 Å². The molecule has 3 N–H and O–H groups in total. The molecule has 0 spiro atoms. The molecular formula is C20H28O7. The first-order valence-electron chi connectivity index (χ1n) is 9.97. The summed E-state index contributed by atoms with van der Waals surface area (Å²) in [4.78, 5) is 16.9. The summed E-state index contributed by atoms with van der Waals surface area (Å²) >= 11 is 0. The SMILES string of the molecule is CC(C)[C@]12O[C@H]1C[C@@]1(O)[C@@]3(C)CCC4=C(COC4=O)[C@@H]3CC[C@@]1(O)[C@@H]2OO. The quantitative estimate of drug-likeness (QED) is 0.289. The lowest BCUT2D eigenvalue weighted by atomic mass is 9.43. The Kier molecular flexibility index (Phi) is 3.43. The maximum absolute atomic E-state index is 12.0. The highest BCUT2D eigenvalue weighted by atomic mass is 17.1. The van der Waals surface area contributed by atoms with E-state index in [0.717, 1.165) is 11.1 Å². The van der Waals surface area contributed by atoms with Crippen LogP contribution in [-0.2, 0) is 19.2 Å². The third-order valence-electron chi connectivity index (χ3n) is 8.68. The number of cyclic esters (lactones) is 1. The number of epoxide rings is 1. The second kappa shape index (κ2) is 5.13. The number of rotatable bonds is 2. The molecule has 150 valence electrons. The third-order valence-corrected chi connectivity index (χ3v) is 8.68. The van der Waals surface area contributed by atoms with Crippen LogP contribution < -0.4 is 0 Å². The molecule has 2 saturated carbocycles. The molecule has 2 aliphatic heterocycles. The van der Waals surface area contributed by atoms with Crippen molar-refractivity contribution in [2.75, 3.05) is 6.61 Å². The number of esters is 1. The molecule has 0 aromatic rings. The van der Waals surface area contributed by atoms with Gasteiger partial charge in [0.2, 0.25) is 0 Å². The normalized spacial score (nSPS) is 53.4. The first-order chi connectivity index (χ1) is 12.7. The Balaban J connectivity index is 1.61. The number of aliphatic hydroxyl groups is 2. The summed E-state index contributed by atoms with van der Waals surface area (Å²) in [5.74, 6) is -0.257. The van der Waals surface area contributed by atoms with E-state index < -0.39 is 28.3 Å². The molecule has 0 bridgehead atoms. The zero-order chi connectivity index (χ0) is 19.4. The Morgan fingerprint density at radius 2 is 2.00 bits per heavy atom. The molecule has 7 heteroatoms. The Morgan fingerprint density at radius 3 is 2.67 bits per heavy atom. The lowest BCUT2D eigenvalue weighted by Crippen LogP contribution is -2.78. The fourth-order valence-corrected chi connectivity index (χ4v) is 7.04. The average molecular weight is 380 g/mol. The molecule has 7 nitrogen and oxygen atoms in total. The van der Waals surface area contributed by atoms with Gasteiger partial charge in [0.1, 0.15) is 23.4 Å².